The number of halogens is 3. The summed E-state index contributed by atoms with van der Waals surface area (Å²) in [6, 6.07) is 16.0. The number of aryl methyl sites for hydroxylation is 1. The number of anilines is 1. The van der Waals surface area contributed by atoms with Crippen molar-refractivity contribution in [1.29, 1.82) is 0 Å². The van der Waals surface area contributed by atoms with E-state index in [1.807, 2.05) is 13.1 Å². The zero-order valence-corrected chi connectivity index (χ0v) is 19.4. The molecule has 0 aliphatic heterocycles. The van der Waals surface area contributed by atoms with E-state index in [4.69, 9.17) is 4.74 Å². The molecule has 0 aliphatic rings. The van der Waals surface area contributed by atoms with Gasteiger partial charge in [-0.25, -0.2) is 13.4 Å². The molecule has 0 atom stereocenters. The number of methoxy groups -OCH3 is 1. The van der Waals surface area contributed by atoms with Gasteiger partial charge in [0.1, 0.15) is 11.5 Å². The molecule has 0 unspecified atom stereocenters. The molecule has 0 aliphatic carbocycles. The van der Waals surface area contributed by atoms with Gasteiger partial charge >= 0.3 is 6.36 Å². The second kappa shape index (κ2) is 9.34. The van der Waals surface area contributed by atoms with Gasteiger partial charge in [0, 0.05) is 17.8 Å². The molecule has 0 radical (unpaired) electrons. The van der Waals surface area contributed by atoms with Crippen LogP contribution in [-0.2, 0) is 10.0 Å². The van der Waals surface area contributed by atoms with Crippen LogP contribution in [0.1, 0.15) is 5.69 Å². The summed E-state index contributed by atoms with van der Waals surface area (Å²) >= 11 is 0. The van der Waals surface area contributed by atoms with Crippen LogP contribution in [0.2, 0.25) is 0 Å². The fraction of sp³-hybridized carbons (Fsp3) is 0.125. The monoisotopic (exact) mass is 503 g/mol. The average Bonchev–Trinajstić information content (AvgIpc) is 3.24. The topological polar surface area (TPSA) is 82.5 Å². The number of alkyl halides is 3. The number of sulfonamides is 1. The van der Waals surface area contributed by atoms with E-state index >= 15 is 0 Å². The third-order valence-electron chi connectivity index (χ3n) is 5.00. The normalized spacial score (nSPS) is 11.8. The lowest BCUT2D eigenvalue weighted by molar-refractivity contribution is -0.274. The summed E-state index contributed by atoms with van der Waals surface area (Å²) in [5, 5.41) is 0. The van der Waals surface area contributed by atoms with Crippen LogP contribution in [0.25, 0.3) is 16.8 Å². The maximum Gasteiger partial charge on any atom is 0.573 e. The summed E-state index contributed by atoms with van der Waals surface area (Å²) < 4.78 is 77.5. The minimum absolute atomic E-state index is 0.0437. The molecule has 3 aromatic carbocycles. The van der Waals surface area contributed by atoms with Gasteiger partial charge in [-0.3, -0.25) is 4.72 Å². The fourth-order valence-corrected chi connectivity index (χ4v) is 4.77. The lowest BCUT2D eigenvalue weighted by Gasteiger charge is -2.15. The number of rotatable bonds is 7. The van der Waals surface area contributed by atoms with Gasteiger partial charge in [-0.05, 0) is 42.8 Å². The molecule has 0 saturated heterocycles. The summed E-state index contributed by atoms with van der Waals surface area (Å²) in [5.74, 6) is 0.0242. The Hall–Kier alpha value is -3.99. The fourth-order valence-electron chi connectivity index (χ4n) is 3.49. The summed E-state index contributed by atoms with van der Waals surface area (Å²) in [5.41, 5.74) is 2.48. The first-order valence-electron chi connectivity index (χ1n) is 10.2. The molecular weight excluding hydrogens is 483 g/mol. The summed E-state index contributed by atoms with van der Waals surface area (Å²) in [6.45, 7) is 1.85. The quantitative estimate of drug-likeness (QED) is 0.357. The van der Waals surface area contributed by atoms with E-state index in [1.165, 1.54) is 25.3 Å². The molecule has 1 heterocycles. The lowest BCUT2D eigenvalue weighted by atomic mass is 10.1. The maximum atomic E-state index is 13.3. The molecule has 11 heteroatoms. The molecule has 1 N–H and O–H groups in total. The molecule has 1 aromatic heterocycles. The highest BCUT2D eigenvalue weighted by Crippen LogP contribution is 2.33. The number of nitrogens with one attached hydrogen (secondary N) is 1. The average molecular weight is 504 g/mol. The third-order valence-corrected chi connectivity index (χ3v) is 6.44. The minimum Gasteiger partial charge on any atom is -0.494 e. The van der Waals surface area contributed by atoms with Crippen LogP contribution < -0.4 is 14.2 Å². The molecule has 4 rings (SSSR count). The molecule has 0 amide bonds. The van der Waals surface area contributed by atoms with Crippen molar-refractivity contribution in [2.45, 2.75) is 18.2 Å². The Morgan fingerprint density at radius 3 is 2.34 bits per heavy atom. The van der Waals surface area contributed by atoms with Crippen molar-refractivity contribution >= 4 is 15.7 Å². The Labute approximate surface area is 199 Å². The van der Waals surface area contributed by atoms with Gasteiger partial charge in [-0.1, -0.05) is 30.3 Å². The number of benzene rings is 3. The van der Waals surface area contributed by atoms with Crippen molar-refractivity contribution in [3.8, 4) is 28.3 Å². The Balaban J connectivity index is 1.64. The van der Waals surface area contributed by atoms with Gasteiger partial charge in [0.15, 0.2) is 0 Å². The third kappa shape index (κ3) is 5.57. The van der Waals surface area contributed by atoms with E-state index in [0.717, 1.165) is 17.8 Å². The van der Waals surface area contributed by atoms with Crippen molar-refractivity contribution in [3.05, 3.63) is 84.9 Å². The number of imidazole rings is 1. The van der Waals surface area contributed by atoms with E-state index in [-0.39, 0.29) is 10.6 Å². The first kappa shape index (κ1) is 24.1. The van der Waals surface area contributed by atoms with Crippen LogP contribution in [0.4, 0.5) is 18.9 Å². The molecule has 4 aromatic rings. The highest BCUT2D eigenvalue weighted by molar-refractivity contribution is 7.92. The Bertz CT molecular complexity index is 1450. The second-order valence-corrected chi connectivity index (χ2v) is 9.13. The van der Waals surface area contributed by atoms with E-state index < -0.39 is 22.1 Å². The van der Waals surface area contributed by atoms with Crippen molar-refractivity contribution in [1.82, 2.24) is 9.55 Å². The molecular formula is C24H20F3N3O4S. The standard InChI is InChI=1S/C24H20F3N3O4S/c1-16-14-30(15-28-16)21-12-9-18(13-22(21)33-2)29-35(31,32)23-6-4-3-5-20(23)17-7-10-19(11-8-17)34-24(25,26)27/h3-15,29H,1-2H3. The van der Waals surface area contributed by atoms with Crippen molar-refractivity contribution in [2.75, 3.05) is 11.8 Å². The first-order valence-corrected chi connectivity index (χ1v) is 11.7. The van der Waals surface area contributed by atoms with Gasteiger partial charge < -0.3 is 14.0 Å². The SMILES string of the molecule is COc1cc(NS(=O)(=O)c2ccccc2-c2ccc(OC(F)(F)F)cc2)ccc1-n1cnc(C)c1. The predicted octanol–water partition coefficient (Wildman–Crippen LogP) is 5.56. The van der Waals surface area contributed by atoms with Crippen LogP contribution in [0.5, 0.6) is 11.5 Å². The Morgan fingerprint density at radius 2 is 1.71 bits per heavy atom. The van der Waals surface area contributed by atoms with Crippen LogP contribution in [0, 0.1) is 6.92 Å². The van der Waals surface area contributed by atoms with Crippen molar-refractivity contribution < 1.29 is 31.1 Å². The molecule has 35 heavy (non-hydrogen) atoms. The highest BCUT2D eigenvalue weighted by Gasteiger charge is 2.31. The number of aromatic nitrogens is 2. The van der Waals surface area contributed by atoms with Crippen LogP contribution in [0.3, 0.4) is 0 Å². The van der Waals surface area contributed by atoms with Gasteiger partial charge in [0.25, 0.3) is 10.0 Å². The first-order chi connectivity index (χ1) is 16.6. The lowest BCUT2D eigenvalue weighted by Crippen LogP contribution is -2.17. The highest BCUT2D eigenvalue weighted by atomic mass is 32.2. The van der Waals surface area contributed by atoms with Crippen LogP contribution >= 0.6 is 0 Å². The van der Waals surface area contributed by atoms with Gasteiger partial charge in [0.2, 0.25) is 0 Å². The second-order valence-electron chi connectivity index (χ2n) is 7.48. The number of nitrogens with zero attached hydrogens (tertiary/aromatic N) is 2. The zero-order chi connectivity index (χ0) is 25.2. The molecule has 182 valence electrons. The van der Waals surface area contributed by atoms with E-state index in [9.17, 15) is 21.6 Å². The van der Waals surface area contributed by atoms with Crippen molar-refractivity contribution in [3.63, 3.8) is 0 Å². The van der Waals surface area contributed by atoms with E-state index in [1.54, 1.807) is 47.3 Å². The Morgan fingerprint density at radius 1 is 1.00 bits per heavy atom. The molecule has 0 fully saturated rings. The number of hydrogen-bond acceptors (Lipinski definition) is 5. The summed E-state index contributed by atoms with van der Waals surface area (Å²) in [7, 11) is -2.59. The molecule has 7 nitrogen and oxygen atoms in total. The van der Waals surface area contributed by atoms with Crippen molar-refractivity contribution in [2.24, 2.45) is 0 Å². The molecule has 0 spiro atoms. The molecule has 0 saturated carbocycles. The van der Waals surface area contributed by atoms with E-state index in [2.05, 4.69) is 14.4 Å². The molecule has 0 bridgehead atoms. The minimum atomic E-state index is -4.82. The predicted molar refractivity (Wildman–Crippen MR) is 124 cm³/mol. The summed E-state index contributed by atoms with van der Waals surface area (Å²) in [6.07, 6.45) is -1.39. The number of hydrogen-bond donors (Lipinski definition) is 1. The summed E-state index contributed by atoms with van der Waals surface area (Å²) in [4.78, 5) is 4.14. The van der Waals surface area contributed by atoms with Gasteiger partial charge in [0.05, 0.1) is 35.4 Å². The maximum absolute atomic E-state index is 13.3. The van der Waals surface area contributed by atoms with Gasteiger partial charge in [-0.2, -0.15) is 0 Å². The smallest absolute Gasteiger partial charge is 0.494 e. The largest absolute Gasteiger partial charge is 0.573 e. The Kier molecular flexibility index (Phi) is 6.44. The van der Waals surface area contributed by atoms with Crippen LogP contribution in [0.15, 0.2) is 84.1 Å². The van der Waals surface area contributed by atoms with Gasteiger partial charge in [-0.15, -0.1) is 13.2 Å². The zero-order valence-electron chi connectivity index (χ0n) is 18.6. The van der Waals surface area contributed by atoms with Crippen LogP contribution in [-0.4, -0.2) is 31.4 Å². The number of ether oxygens (including phenoxy) is 2. The van der Waals surface area contributed by atoms with E-state index in [0.29, 0.717) is 22.6 Å².